The standard InChI is InChI=1S/C21H42N2O8S2/c1-3-4-5-6-7-8-9-10-11-12-13-14-15-21(25)23(19-33(29,30)31)17-16-22(20(2)24)18-32(26,27)28/h3-19H2,1-2H3,(H,26,27,28)(H,29,30,31). The molecule has 0 radical (unpaired) electrons. The van der Waals surface area contributed by atoms with E-state index in [1.54, 1.807) is 0 Å². The highest BCUT2D eigenvalue weighted by molar-refractivity contribution is 7.85. The Morgan fingerprint density at radius 3 is 1.39 bits per heavy atom. The number of amides is 2. The van der Waals surface area contributed by atoms with Gasteiger partial charge in [0.15, 0.2) is 0 Å². The van der Waals surface area contributed by atoms with Crippen LogP contribution in [0.15, 0.2) is 0 Å². The van der Waals surface area contributed by atoms with Gasteiger partial charge in [0.1, 0.15) is 11.8 Å². The molecule has 33 heavy (non-hydrogen) atoms. The molecule has 0 saturated carbocycles. The third-order valence-corrected chi connectivity index (χ3v) is 6.60. The Labute approximate surface area is 199 Å². The predicted octanol–water partition coefficient (Wildman–Crippen LogP) is 3.45. The van der Waals surface area contributed by atoms with Gasteiger partial charge in [-0.05, 0) is 6.42 Å². The van der Waals surface area contributed by atoms with E-state index in [-0.39, 0.29) is 19.5 Å². The van der Waals surface area contributed by atoms with Crippen molar-refractivity contribution in [2.75, 3.05) is 24.8 Å². The monoisotopic (exact) mass is 514 g/mol. The van der Waals surface area contributed by atoms with E-state index in [4.69, 9.17) is 9.11 Å². The molecule has 0 aromatic carbocycles. The van der Waals surface area contributed by atoms with Gasteiger partial charge in [-0.3, -0.25) is 18.7 Å². The Morgan fingerprint density at radius 2 is 1.00 bits per heavy atom. The van der Waals surface area contributed by atoms with E-state index in [9.17, 15) is 26.4 Å². The molecule has 2 N–H and O–H groups in total. The Bertz CT molecular complexity index is 769. The smallest absolute Gasteiger partial charge is 0.283 e. The fourth-order valence-corrected chi connectivity index (χ4v) is 4.86. The molecule has 12 heteroatoms. The lowest BCUT2D eigenvalue weighted by atomic mass is 10.0. The van der Waals surface area contributed by atoms with Crippen LogP contribution in [0.4, 0.5) is 0 Å². The van der Waals surface area contributed by atoms with Crippen LogP contribution in [-0.4, -0.2) is 72.4 Å². The van der Waals surface area contributed by atoms with Crippen molar-refractivity contribution < 1.29 is 35.5 Å². The van der Waals surface area contributed by atoms with Crippen LogP contribution in [-0.2, 0) is 29.8 Å². The van der Waals surface area contributed by atoms with E-state index < -0.39 is 43.8 Å². The van der Waals surface area contributed by atoms with E-state index in [2.05, 4.69) is 6.92 Å². The van der Waals surface area contributed by atoms with Gasteiger partial charge in [0.25, 0.3) is 20.2 Å². The Kier molecular flexibility index (Phi) is 16.6. The summed E-state index contributed by atoms with van der Waals surface area (Å²) in [6.45, 7) is 2.71. The third kappa shape index (κ3) is 19.9. The van der Waals surface area contributed by atoms with Gasteiger partial charge in [-0.25, -0.2) is 0 Å². The number of nitrogens with zero attached hydrogens (tertiary/aromatic N) is 2. The van der Waals surface area contributed by atoms with Crippen LogP contribution in [0.25, 0.3) is 0 Å². The number of carbonyl (C=O) groups excluding carboxylic acids is 2. The lowest BCUT2D eigenvalue weighted by Crippen LogP contribution is -2.43. The van der Waals surface area contributed by atoms with Gasteiger partial charge in [0.2, 0.25) is 11.8 Å². The molecular formula is C21H42N2O8S2. The fraction of sp³-hybridized carbons (Fsp3) is 0.905. The Balaban J connectivity index is 4.34. The van der Waals surface area contributed by atoms with Crippen LogP contribution < -0.4 is 0 Å². The predicted molar refractivity (Wildman–Crippen MR) is 128 cm³/mol. The molecule has 0 aliphatic rings. The Morgan fingerprint density at radius 1 is 0.636 bits per heavy atom. The number of unbranched alkanes of at least 4 members (excludes halogenated alkanes) is 11. The van der Waals surface area contributed by atoms with Crippen molar-refractivity contribution in [2.45, 2.75) is 97.3 Å². The topological polar surface area (TPSA) is 149 Å². The van der Waals surface area contributed by atoms with Crippen LogP contribution >= 0.6 is 0 Å². The second-order valence-electron chi connectivity index (χ2n) is 8.50. The fourth-order valence-electron chi connectivity index (χ4n) is 3.48. The van der Waals surface area contributed by atoms with Crippen molar-refractivity contribution in [3.05, 3.63) is 0 Å². The molecule has 0 heterocycles. The van der Waals surface area contributed by atoms with Gasteiger partial charge in [-0.1, -0.05) is 77.6 Å². The number of hydrogen-bond acceptors (Lipinski definition) is 6. The molecule has 0 spiro atoms. The van der Waals surface area contributed by atoms with Crippen LogP contribution in [0.3, 0.4) is 0 Å². The molecule has 0 fully saturated rings. The van der Waals surface area contributed by atoms with Gasteiger partial charge < -0.3 is 9.80 Å². The first-order valence-electron chi connectivity index (χ1n) is 11.8. The third-order valence-electron chi connectivity index (χ3n) is 5.32. The maximum atomic E-state index is 12.4. The van der Waals surface area contributed by atoms with E-state index in [0.717, 1.165) is 42.4 Å². The molecule has 0 atom stereocenters. The molecule has 2 amide bonds. The first-order chi connectivity index (χ1) is 15.4. The van der Waals surface area contributed by atoms with Crippen LogP contribution in [0.2, 0.25) is 0 Å². The number of rotatable bonds is 20. The molecular weight excluding hydrogens is 472 g/mol. The Hall–Kier alpha value is -1.24. The minimum atomic E-state index is -4.49. The minimum Gasteiger partial charge on any atom is -0.324 e. The van der Waals surface area contributed by atoms with Crippen molar-refractivity contribution in [1.29, 1.82) is 0 Å². The van der Waals surface area contributed by atoms with Gasteiger partial charge in [0, 0.05) is 26.4 Å². The first-order valence-corrected chi connectivity index (χ1v) is 15.0. The maximum Gasteiger partial charge on any atom is 0.283 e. The first kappa shape index (κ1) is 31.8. The zero-order valence-corrected chi connectivity index (χ0v) is 21.7. The van der Waals surface area contributed by atoms with E-state index in [0.29, 0.717) is 6.42 Å². The zero-order valence-electron chi connectivity index (χ0n) is 20.1. The molecule has 0 aliphatic heterocycles. The summed E-state index contributed by atoms with van der Waals surface area (Å²) in [7, 11) is -8.97. The van der Waals surface area contributed by atoms with Gasteiger partial charge in [-0.15, -0.1) is 0 Å². The summed E-state index contributed by atoms with van der Waals surface area (Å²) >= 11 is 0. The van der Waals surface area contributed by atoms with Crippen molar-refractivity contribution in [3.8, 4) is 0 Å². The average Bonchev–Trinajstić information content (AvgIpc) is 2.68. The lowest BCUT2D eigenvalue weighted by Gasteiger charge is -2.25. The van der Waals surface area contributed by atoms with Crippen LogP contribution in [0.1, 0.15) is 97.3 Å². The molecule has 0 saturated heterocycles. The summed E-state index contributed by atoms with van der Waals surface area (Å²) < 4.78 is 62.7. The number of hydrogen-bond donors (Lipinski definition) is 2. The van der Waals surface area contributed by atoms with Gasteiger partial charge >= 0.3 is 0 Å². The molecule has 10 nitrogen and oxygen atoms in total. The van der Waals surface area contributed by atoms with Crippen LogP contribution in [0, 0.1) is 0 Å². The molecule has 196 valence electrons. The van der Waals surface area contributed by atoms with E-state index >= 15 is 0 Å². The summed E-state index contributed by atoms with van der Waals surface area (Å²) in [5, 5.41) is 0. The summed E-state index contributed by atoms with van der Waals surface area (Å²) in [6, 6.07) is 0. The van der Waals surface area contributed by atoms with E-state index in [1.807, 2.05) is 0 Å². The van der Waals surface area contributed by atoms with Crippen molar-refractivity contribution in [2.24, 2.45) is 0 Å². The molecule has 0 rings (SSSR count). The summed E-state index contributed by atoms with van der Waals surface area (Å²) in [5.41, 5.74) is 0. The molecule has 0 aromatic rings. The summed E-state index contributed by atoms with van der Waals surface area (Å²) in [4.78, 5) is 25.7. The zero-order chi connectivity index (χ0) is 25.3. The SMILES string of the molecule is CCCCCCCCCCCCCCC(=O)N(CCN(CS(=O)(=O)O)C(C)=O)CS(=O)(=O)O. The highest BCUT2D eigenvalue weighted by atomic mass is 32.2. The lowest BCUT2D eigenvalue weighted by molar-refractivity contribution is -0.133. The summed E-state index contributed by atoms with van der Waals surface area (Å²) in [5.74, 6) is -3.07. The van der Waals surface area contributed by atoms with Crippen molar-refractivity contribution in [3.63, 3.8) is 0 Å². The molecule has 0 bridgehead atoms. The highest BCUT2D eigenvalue weighted by Gasteiger charge is 2.22. The molecule has 0 aromatic heterocycles. The maximum absolute atomic E-state index is 12.4. The largest absolute Gasteiger partial charge is 0.324 e. The van der Waals surface area contributed by atoms with Crippen molar-refractivity contribution in [1.82, 2.24) is 9.80 Å². The average molecular weight is 515 g/mol. The second-order valence-corrected chi connectivity index (χ2v) is 11.3. The van der Waals surface area contributed by atoms with Crippen molar-refractivity contribution >= 4 is 32.1 Å². The number of carbonyl (C=O) groups is 2. The van der Waals surface area contributed by atoms with Crippen LogP contribution in [0.5, 0.6) is 0 Å². The normalized spacial score (nSPS) is 12.0. The van der Waals surface area contributed by atoms with Gasteiger partial charge in [-0.2, -0.15) is 16.8 Å². The minimum absolute atomic E-state index is 0.0886. The summed E-state index contributed by atoms with van der Waals surface area (Å²) in [6.07, 6.45) is 13.6. The molecule has 0 unspecified atom stereocenters. The quantitative estimate of drug-likeness (QED) is 0.185. The second kappa shape index (κ2) is 17.2. The van der Waals surface area contributed by atoms with Gasteiger partial charge in [0.05, 0.1) is 0 Å². The van der Waals surface area contributed by atoms with E-state index in [1.165, 1.54) is 44.9 Å². The highest BCUT2D eigenvalue weighted by Crippen LogP contribution is 2.13. The molecule has 0 aliphatic carbocycles.